The van der Waals surface area contributed by atoms with Gasteiger partial charge in [-0.15, -0.1) is 11.8 Å². The summed E-state index contributed by atoms with van der Waals surface area (Å²) in [6.45, 7) is 8.99. The summed E-state index contributed by atoms with van der Waals surface area (Å²) in [5, 5.41) is 0.622. The van der Waals surface area contributed by atoms with Gasteiger partial charge in [-0.1, -0.05) is 23.9 Å². The van der Waals surface area contributed by atoms with Gasteiger partial charge in [-0.2, -0.15) is 0 Å². The van der Waals surface area contributed by atoms with Crippen LogP contribution < -0.4 is 0 Å². The zero-order chi connectivity index (χ0) is 22.3. The molecule has 7 nitrogen and oxygen atoms in total. The molecule has 0 amide bonds. The Morgan fingerprint density at radius 1 is 1.19 bits per heavy atom. The van der Waals surface area contributed by atoms with Crippen LogP contribution >= 0.6 is 23.5 Å². The molecule has 0 saturated carbocycles. The van der Waals surface area contributed by atoms with Crippen LogP contribution in [0.5, 0.6) is 0 Å². The van der Waals surface area contributed by atoms with Gasteiger partial charge in [0.15, 0.2) is 5.16 Å². The number of imidazole rings is 1. The van der Waals surface area contributed by atoms with Crippen molar-refractivity contribution in [3.8, 4) is 0 Å². The number of morpholine rings is 1. The van der Waals surface area contributed by atoms with E-state index in [9.17, 15) is 4.79 Å². The fourth-order valence-corrected chi connectivity index (χ4v) is 5.65. The van der Waals surface area contributed by atoms with Crippen LogP contribution in [0.2, 0.25) is 0 Å². The monoisotopic (exact) mass is 472 g/mol. The quantitative estimate of drug-likeness (QED) is 0.445. The molecule has 1 fully saturated rings. The van der Waals surface area contributed by atoms with Gasteiger partial charge < -0.3 is 9.47 Å². The number of carbonyl (C=O) groups excluding carboxylic acids is 1. The number of aromatic nitrogens is 3. The predicted molar refractivity (Wildman–Crippen MR) is 129 cm³/mol. The first-order valence-corrected chi connectivity index (χ1v) is 12.8. The van der Waals surface area contributed by atoms with E-state index in [1.54, 1.807) is 11.5 Å². The van der Waals surface area contributed by atoms with Crippen LogP contribution in [-0.4, -0.2) is 70.7 Å². The van der Waals surface area contributed by atoms with Crippen LogP contribution in [0, 0.1) is 6.92 Å². The van der Waals surface area contributed by atoms with Crippen LogP contribution in [0.4, 0.5) is 4.79 Å². The number of rotatable bonds is 8. The molecule has 0 aliphatic carbocycles. The molecule has 1 aliphatic rings. The van der Waals surface area contributed by atoms with Gasteiger partial charge in [-0.05, 0) is 37.6 Å². The van der Waals surface area contributed by atoms with Gasteiger partial charge in [0.2, 0.25) is 0 Å². The lowest BCUT2D eigenvalue weighted by Crippen LogP contribution is -2.37. The highest BCUT2D eigenvalue weighted by Crippen LogP contribution is 2.30. The van der Waals surface area contributed by atoms with Crippen molar-refractivity contribution in [2.24, 2.45) is 0 Å². The number of fused-ring (bicyclic) bond motifs is 1. The maximum atomic E-state index is 12.6. The fraction of sp³-hybridized carbons (Fsp3) is 0.435. The molecule has 2 aromatic heterocycles. The van der Waals surface area contributed by atoms with Gasteiger partial charge >= 0.3 is 6.09 Å². The Balaban J connectivity index is 1.44. The SMILES string of the molecule is CCOC(=O)n1c(SCc2nccc(SCCN3CCOCC3)c2C)nc2ccccc21. The molecule has 3 aromatic rings. The minimum atomic E-state index is -0.402. The number of hydrogen-bond donors (Lipinski definition) is 0. The first-order chi connectivity index (χ1) is 15.7. The average Bonchev–Trinajstić information content (AvgIpc) is 3.19. The number of hydrogen-bond acceptors (Lipinski definition) is 8. The molecular formula is C23H28N4O3S2. The maximum Gasteiger partial charge on any atom is 0.420 e. The molecule has 0 radical (unpaired) electrons. The average molecular weight is 473 g/mol. The summed E-state index contributed by atoms with van der Waals surface area (Å²) in [6, 6.07) is 9.70. The topological polar surface area (TPSA) is 69.5 Å². The third-order valence-electron chi connectivity index (χ3n) is 5.35. The van der Waals surface area contributed by atoms with E-state index in [2.05, 4.69) is 27.9 Å². The van der Waals surface area contributed by atoms with Crippen molar-refractivity contribution in [1.29, 1.82) is 0 Å². The van der Waals surface area contributed by atoms with Crippen LogP contribution in [0.3, 0.4) is 0 Å². The van der Waals surface area contributed by atoms with Crippen molar-refractivity contribution in [2.45, 2.75) is 29.7 Å². The normalized spacial score (nSPS) is 14.7. The molecule has 1 aliphatic heterocycles. The molecule has 0 N–H and O–H groups in total. The zero-order valence-corrected chi connectivity index (χ0v) is 20.1. The van der Waals surface area contributed by atoms with Crippen molar-refractivity contribution >= 4 is 40.7 Å². The van der Waals surface area contributed by atoms with Crippen molar-refractivity contribution < 1.29 is 14.3 Å². The van der Waals surface area contributed by atoms with Crippen LogP contribution in [0.15, 0.2) is 46.6 Å². The van der Waals surface area contributed by atoms with E-state index in [1.165, 1.54) is 22.2 Å². The highest BCUT2D eigenvalue weighted by Gasteiger charge is 2.19. The van der Waals surface area contributed by atoms with Crippen molar-refractivity contribution in [3.05, 3.63) is 47.8 Å². The second-order valence-corrected chi connectivity index (χ2v) is 9.47. The predicted octanol–water partition coefficient (Wildman–Crippen LogP) is 4.46. The van der Waals surface area contributed by atoms with Gasteiger partial charge in [0, 0.05) is 42.2 Å². The summed E-state index contributed by atoms with van der Waals surface area (Å²) >= 11 is 3.37. The Morgan fingerprint density at radius 3 is 2.81 bits per heavy atom. The molecule has 1 aromatic carbocycles. The van der Waals surface area contributed by atoms with Crippen molar-refractivity contribution in [1.82, 2.24) is 19.4 Å². The largest absolute Gasteiger partial charge is 0.449 e. The minimum absolute atomic E-state index is 0.319. The van der Waals surface area contributed by atoms with E-state index in [4.69, 9.17) is 9.47 Å². The molecule has 170 valence electrons. The number of carbonyl (C=O) groups is 1. The highest BCUT2D eigenvalue weighted by molar-refractivity contribution is 7.99. The Hall–Kier alpha value is -2.07. The van der Waals surface area contributed by atoms with E-state index in [-0.39, 0.29) is 0 Å². The Labute approximate surface area is 196 Å². The Morgan fingerprint density at radius 2 is 2.00 bits per heavy atom. The van der Waals surface area contributed by atoms with Crippen LogP contribution in [-0.2, 0) is 15.2 Å². The number of ether oxygens (including phenoxy) is 2. The molecule has 1 saturated heterocycles. The maximum absolute atomic E-state index is 12.6. The number of benzene rings is 1. The summed E-state index contributed by atoms with van der Waals surface area (Å²) in [7, 11) is 0. The molecule has 9 heteroatoms. The van der Waals surface area contributed by atoms with Gasteiger partial charge in [-0.25, -0.2) is 14.3 Å². The van der Waals surface area contributed by atoms with Gasteiger partial charge in [0.25, 0.3) is 0 Å². The number of thioether (sulfide) groups is 2. The molecule has 0 spiro atoms. The smallest absolute Gasteiger partial charge is 0.420 e. The second kappa shape index (κ2) is 11.2. The van der Waals surface area contributed by atoms with Crippen LogP contribution in [0.1, 0.15) is 18.2 Å². The molecule has 0 unspecified atom stereocenters. The summed E-state index contributed by atoms with van der Waals surface area (Å²) < 4.78 is 12.2. The van der Waals surface area contributed by atoms with Crippen LogP contribution in [0.25, 0.3) is 11.0 Å². The summed E-state index contributed by atoms with van der Waals surface area (Å²) in [5.74, 6) is 1.67. The van der Waals surface area contributed by atoms with E-state index >= 15 is 0 Å². The lowest BCUT2D eigenvalue weighted by molar-refractivity contribution is 0.0410. The van der Waals surface area contributed by atoms with E-state index in [1.807, 2.05) is 42.2 Å². The third-order valence-corrected chi connectivity index (χ3v) is 7.44. The van der Waals surface area contributed by atoms with E-state index in [0.29, 0.717) is 17.5 Å². The zero-order valence-electron chi connectivity index (χ0n) is 18.5. The van der Waals surface area contributed by atoms with Gasteiger partial charge in [-0.3, -0.25) is 9.88 Å². The van der Waals surface area contributed by atoms with Gasteiger partial charge in [0.1, 0.15) is 0 Å². The molecular weight excluding hydrogens is 444 g/mol. The molecule has 3 heterocycles. The first kappa shape index (κ1) is 23.1. The summed E-state index contributed by atoms with van der Waals surface area (Å²) in [4.78, 5) is 25.5. The molecule has 4 rings (SSSR count). The van der Waals surface area contributed by atoms with Crippen molar-refractivity contribution in [3.63, 3.8) is 0 Å². The number of pyridine rings is 1. The summed E-state index contributed by atoms with van der Waals surface area (Å²) in [6.07, 6.45) is 1.47. The lowest BCUT2D eigenvalue weighted by atomic mass is 10.2. The van der Waals surface area contributed by atoms with E-state index in [0.717, 1.165) is 55.3 Å². The Kier molecular flexibility index (Phi) is 8.07. The Bertz CT molecular complexity index is 1070. The highest BCUT2D eigenvalue weighted by atomic mass is 32.2. The van der Waals surface area contributed by atoms with Gasteiger partial charge in [0.05, 0.1) is 36.5 Å². The van der Waals surface area contributed by atoms with E-state index < -0.39 is 6.09 Å². The lowest BCUT2D eigenvalue weighted by Gasteiger charge is -2.26. The molecule has 32 heavy (non-hydrogen) atoms. The standard InChI is InChI=1S/C23H28N4O3S2/c1-3-30-23(28)27-20-7-5-4-6-18(20)25-22(27)32-16-19-17(2)21(8-9-24-19)31-15-12-26-10-13-29-14-11-26/h4-9H,3,10-16H2,1-2H3. The third kappa shape index (κ3) is 5.46. The number of nitrogens with zero attached hydrogens (tertiary/aromatic N) is 4. The first-order valence-electron chi connectivity index (χ1n) is 10.8. The molecule has 0 atom stereocenters. The fourth-order valence-electron chi connectivity index (χ4n) is 3.57. The molecule has 0 bridgehead atoms. The summed E-state index contributed by atoms with van der Waals surface area (Å²) in [5.41, 5.74) is 3.73. The van der Waals surface area contributed by atoms with Crippen molar-refractivity contribution in [2.75, 3.05) is 45.2 Å². The second-order valence-electron chi connectivity index (χ2n) is 7.39. The number of para-hydroxylation sites is 2. The minimum Gasteiger partial charge on any atom is -0.449 e.